The quantitative estimate of drug-likeness (QED) is 0.889. The minimum absolute atomic E-state index is 0.162. The average Bonchev–Trinajstić information content (AvgIpc) is 2.53. The van der Waals surface area contributed by atoms with Crippen molar-refractivity contribution in [2.45, 2.75) is 38.8 Å². The van der Waals surface area contributed by atoms with Crippen molar-refractivity contribution in [1.82, 2.24) is 4.90 Å². The van der Waals surface area contributed by atoms with Crippen LogP contribution in [0, 0.1) is 11.8 Å². The lowest BCUT2D eigenvalue weighted by Crippen LogP contribution is -2.46. The number of hydrogen-bond acceptors (Lipinski definition) is 3. The van der Waals surface area contributed by atoms with E-state index in [2.05, 4.69) is 6.92 Å². The molecule has 0 spiro atoms. The lowest BCUT2D eigenvalue weighted by atomic mass is 9.89. The molecule has 0 saturated carbocycles. The van der Waals surface area contributed by atoms with Crippen molar-refractivity contribution < 1.29 is 4.79 Å². The van der Waals surface area contributed by atoms with Gasteiger partial charge < -0.3 is 16.4 Å². The molecule has 3 unspecified atom stereocenters. The lowest BCUT2D eigenvalue weighted by Gasteiger charge is -2.36. The Kier molecular flexibility index (Phi) is 5.37. The van der Waals surface area contributed by atoms with Crippen molar-refractivity contribution in [1.29, 1.82) is 0 Å². The van der Waals surface area contributed by atoms with Crippen LogP contribution in [0.15, 0.2) is 30.3 Å². The number of amides is 1. The Morgan fingerprint density at radius 1 is 1.14 bits per heavy atom. The molecule has 0 aliphatic carbocycles. The van der Waals surface area contributed by atoms with Crippen molar-refractivity contribution in [3.63, 3.8) is 0 Å². The van der Waals surface area contributed by atoms with E-state index >= 15 is 0 Å². The van der Waals surface area contributed by atoms with Gasteiger partial charge in [-0.25, -0.2) is 0 Å². The number of carbonyl (C=O) groups is 1. The van der Waals surface area contributed by atoms with Crippen LogP contribution in [0.5, 0.6) is 0 Å². The molecular weight excluding hydrogens is 262 g/mol. The molecule has 3 atom stereocenters. The van der Waals surface area contributed by atoms with E-state index in [0.717, 1.165) is 31.5 Å². The second kappa shape index (κ2) is 7.05. The normalized spacial score (nSPS) is 20.9. The van der Waals surface area contributed by atoms with Gasteiger partial charge in [-0.3, -0.25) is 4.79 Å². The molecule has 116 valence electrons. The molecule has 1 aromatic carbocycles. The van der Waals surface area contributed by atoms with Crippen molar-refractivity contribution in [3.8, 4) is 0 Å². The van der Waals surface area contributed by atoms with E-state index in [-0.39, 0.29) is 23.9 Å². The summed E-state index contributed by atoms with van der Waals surface area (Å²) >= 11 is 0. The summed E-state index contributed by atoms with van der Waals surface area (Å²) in [5.41, 5.74) is 13.2. The van der Waals surface area contributed by atoms with Crippen molar-refractivity contribution in [2.24, 2.45) is 23.3 Å². The van der Waals surface area contributed by atoms with Gasteiger partial charge in [-0.1, -0.05) is 37.3 Å². The summed E-state index contributed by atoms with van der Waals surface area (Å²) in [4.78, 5) is 14.6. The maximum Gasteiger partial charge on any atom is 0.227 e. The molecule has 0 aromatic heterocycles. The van der Waals surface area contributed by atoms with Gasteiger partial charge in [0.15, 0.2) is 0 Å². The Labute approximate surface area is 127 Å². The van der Waals surface area contributed by atoms with E-state index in [9.17, 15) is 4.79 Å². The van der Waals surface area contributed by atoms with E-state index in [1.54, 1.807) is 0 Å². The minimum Gasteiger partial charge on any atom is -0.342 e. The van der Waals surface area contributed by atoms with Crippen LogP contribution in [0.25, 0.3) is 0 Å². The molecule has 0 bridgehead atoms. The first kappa shape index (κ1) is 16.0. The topological polar surface area (TPSA) is 72.3 Å². The number of nitrogens with zero attached hydrogens (tertiary/aromatic N) is 1. The van der Waals surface area contributed by atoms with Crippen LogP contribution in [0.4, 0.5) is 0 Å². The van der Waals surface area contributed by atoms with E-state index in [1.807, 2.05) is 42.2 Å². The highest BCUT2D eigenvalue weighted by atomic mass is 16.2. The standard InChI is InChI=1S/C17H27N3O/c1-12(16(19)15-6-4-3-5-7-15)17(21)20-10-8-14(9-11-20)13(2)18/h3-7,12-14,16H,8-11,18-19H2,1-2H3. The number of benzene rings is 1. The Hall–Kier alpha value is -1.39. The molecular formula is C17H27N3O. The predicted octanol–water partition coefficient (Wildman–Crippen LogP) is 1.91. The van der Waals surface area contributed by atoms with Gasteiger partial charge in [0, 0.05) is 25.2 Å². The van der Waals surface area contributed by atoms with E-state index in [4.69, 9.17) is 11.5 Å². The van der Waals surface area contributed by atoms with Gasteiger partial charge >= 0.3 is 0 Å². The van der Waals surface area contributed by atoms with Crippen LogP contribution < -0.4 is 11.5 Å². The van der Waals surface area contributed by atoms with Gasteiger partial charge in [-0.05, 0) is 31.2 Å². The molecule has 1 fully saturated rings. The van der Waals surface area contributed by atoms with Gasteiger partial charge in [-0.2, -0.15) is 0 Å². The first-order chi connectivity index (χ1) is 10.0. The number of rotatable bonds is 4. The molecule has 1 saturated heterocycles. The van der Waals surface area contributed by atoms with Gasteiger partial charge in [0.25, 0.3) is 0 Å². The predicted molar refractivity (Wildman–Crippen MR) is 85.5 cm³/mol. The average molecular weight is 289 g/mol. The number of likely N-dealkylation sites (tertiary alicyclic amines) is 1. The highest BCUT2D eigenvalue weighted by molar-refractivity contribution is 5.79. The third-order valence-electron chi connectivity index (χ3n) is 4.71. The maximum atomic E-state index is 12.6. The van der Waals surface area contributed by atoms with Gasteiger partial charge in [0.1, 0.15) is 0 Å². The monoisotopic (exact) mass is 289 g/mol. The maximum absolute atomic E-state index is 12.6. The van der Waals surface area contributed by atoms with E-state index in [1.165, 1.54) is 0 Å². The highest BCUT2D eigenvalue weighted by Gasteiger charge is 2.30. The molecule has 1 aromatic rings. The molecule has 21 heavy (non-hydrogen) atoms. The fourth-order valence-corrected chi connectivity index (χ4v) is 3.05. The molecule has 1 heterocycles. The zero-order valence-corrected chi connectivity index (χ0v) is 13.0. The van der Waals surface area contributed by atoms with Gasteiger partial charge in [0.05, 0.1) is 5.92 Å². The SMILES string of the molecule is CC(N)C1CCN(C(=O)C(C)C(N)c2ccccc2)CC1. The van der Waals surface area contributed by atoms with Crippen LogP contribution >= 0.6 is 0 Å². The van der Waals surface area contributed by atoms with Crippen LogP contribution in [0.2, 0.25) is 0 Å². The smallest absolute Gasteiger partial charge is 0.227 e. The van der Waals surface area contributed by atoms with Gasteiger partial charge in [0.2, 0.25) is 5.91 Å². The molecule has 4 heteroatoms. The van der Waals surface area contributed by atoms with Gasteiger partial charge in [-0.15, -0.1) is 0 Å². The summed E-state index contributed by atoms with van der Waals surface area (Å²) in [7, 11) is 0. The molecule has 2 rings (SSSR count). The summed E-state index contributed by atoms with van der Waals surface area (Å²) in [6.45, 7) is 5.58. The lowest BCUT2D eigenvalue weighted by molar-refractivity contribution is -0.137. The number of nitrogens with two attached hydrogens (primary N) is 2. The van der Waals surface area contributed by atoms with Crippen molar-refractivity contribution in [2.75, 3.05) is 13.1 Å². The Bertz CT molecular complexity index is 452. The molecule has 1 aliphatic rings. The molecule has 4 N–H and O–H groups in total. The fraction of sp³-hybridized carbons (Fsp3) is 0.588. The van der Waals surface area contributed by atoms with Crippen LogP contribution in [0.1, 0.15) is 38.3 Å². The summed E-state index contributed by atoms with van der Waals surface area (Å²) in [5.74, 6) is 0.501. The summed E-state index contributed by atoms with van der Waals surface area (Å²) in [6, 6.07) is 9.81. The summed E-state index contributed by atoms with van der Waals surface area (Å²) in [6.07, 6.45) is 1.99. The van der Waals surface area contributed by atoms with Crippen LogP contribution in [-0.4, -0.2) is 29.9 Å². The van der Waals surface area contributed by atoms with Crippen LogP contribution in [0.3, 0.4) is 0 Å². The van der Waals surface area contributed by atoms with Crippen molar-refractivity contribution in [3.05, 3.63) is 35.9 Å². The molecule has 1 amide bonds. The van der Waals surface area contributed by atoms with Crippen LogP contribution in [-0.2, 0) is 4.79 Å². The minimum atomic E-state index is -0.246. The molecule has 0 radical (unpaired) electrons. The first-order valence-corrected chi connectivity index (χ1v) is 7.85. The zero-order chi connectivity index (χ0) is 15.4. The second-order valence-electron chi connectivity index (χ2n) is 6.25. The summed E-state index contributed by atoms with van der Waals surface area (Å²) < 4.78 is 0. The number of hydrogen-bond donors (Lipinski definition) is 2. The number of carbonyl (C=O) groups excluding carboxylic acids is 1. The third kappa shape index (κ3) is 3.83. The Balaban J connectivity index is 1.94. The second-order valence-corrected chi connectivity index (χ2v) is 6.25. The summed E-state index contributed by atoms with van der Waals surface area (Å²) in [5, 5.41) is 0. The number of piperidine rings is 1. The fourth-order valence-electron chi connectivity index (χ4n) is 3.05. The third-order valence-corrected chi connectivity index (χ3v) is 4.71. The zero-order valence-electron chi connectivity index (χ0n) is 13.0. The molecule has 4 nitrogen and oxygen atoms in total. The molecule has 1 aliphatic heterocycles. The van der Waals surface area contributed by atoms with E-state index in [0.29, 0.717) is 5.92 Å². The largest absolute Gasteiger partial charge is 0.342 e. The Morgan fingerprint density at radius 2 is 1.71 bits per heavy atom. The van der Waals surface area contributed by atoms with Crippen molar-refractivity contribution >= 4 is 5.91 Å². The van der Waals surface area contributed by atoms with E-state index < -0.39 is 0 Å². The first-order valence-electron chi connectivity index (χ1n) is 7.85. The Morgan fingerprint density at radius 3 is 2.24 bits per heavy atom. The highest BCUT2D eigenvalue weighted by Crippen LogP contribution is 2.25.